The van der Waals surface area contributed by atoms with Gasteiger partial charge >= 0.3 is 0 Å². The molecule has 1 nitrogen and oxygen atoms in total. The Kier molecular flexibility index (Phi) is 5.78. The van der Waals surface area contributed by atoms with Crippen molar-refractivity contribution in [1.82, 2.24) is 0 Å². The zero-order valence-electron chi connectivity index (χ0n) is 17.9. The predicted octanol–water partition coefficient (Wildman–Crippen LogP) is 8.82. The molecule has 4 aromatic rings. The van der Waals surface area contributed by atoms with E-state index in [9.17, 15) is 0 Å². The summed E-state index contributed by atoms with van der Waals surface area (Å²) in [5, 5.41) is 0. The number of hydrogen-bond acceptors (Lipinski definition) is 1. The fourth-order valence-electron chi connectivity index (χ4n) is 4.01. The Hall–Kier alpha value is -2.84. The molecule has 2 heteroatoms. The maximum atomic E-state index is 3.68. The van der Waals surface area contributed by atoms with Crippen LogP contribution in [0, 0.1) is 27.7 Å². The van der Waals surface area contributed by atoms with Crippen molar-refractivity contribution < 1.29 is 0 Å². The Morgan fingerprint density at radius 3 is 1.63 bits per heavy atom. The van der Waals surface area contributed by atoms with Crippen LogP contribution in [0.25, 0.3) is 11.1 Å². The topological polar surface area (TPSA) is 3.24 Å². The normalized spacial score (nSPS) is 10.8. The average molecular weight is 456 g/mol. The number of benzene rings is 4. The first-order valence-corrected chi connectivity index (χ1v) is 11.0. The molecule has 0 N–H and O–H groups in total. The number of halogens is 1. The molecule has 0 spiro atoms. The van der Waals surface area contributed by atoms with Gasteiger partial charge in [-0.15, -0.1) is 0 Å². The lowest BCUT2D eigenvalue weighted by Crippen LogP contribution is -2.12. The lowest BCUT2D eigenvalue weighted by atomic mass is 10.0. The van der Waals surface area contributed by atoms with Crippen molar-refractivity contribution in [3.05, 3.63) is 112 Å². The number of nitrogens with zero attached hydrogens (tertiary/aromatic N) is 1. The molecule has 0 radical (unpaired) electrons. The van der Waals surface area contributed by atoms with Gasteiger partial charge in [0.05, 0.1) is 0 Å². The van der Waals surface area contributed by atoms with E-state index in [0.29, 0.717) is 0 Å². The SMILES string of the molecule is Cc1ccc(N(c2ccc(-c3ccccc3Br)cc2)c2ccc(C)cc2C)c(C)c1. The summed E-state index contributed by atoms with van der Waals surface area (Å²) in [6, 6.07) is 30.5. The van der Waals surface area contributed by atoms with Gasteiger partial charge in [-0.2, -0.15) is 0 Å². The highest BCUT2D eigenvalue weighted by atomic mass is 79.9. The molecule has 0 bridgehead atoms. The van der Waals surface area contributed by atoms with Gasteiger partial charge in [-0.1, -0.05) is 81.7 Å². The van der Waals surface area contributed by atoms with Crippen molar-refractivity contribution in [2.75, 3.05) is 4.90 Å². The van der Waals surface area contributed by atoms with Crippen molar-refractivity contribution in [1.29, 1.82) is 0 Å². The summed E-state index contributed by atoms with van der Waals surface area (Å²) >= 11 is 3.68. The molecule has 0 heterocycles. The van der Waals surface area contributed by atoms with Gasteiger partial charge in [-0.25, -0.2) is 0 Å². The van der Waals surface area contributed by atoms with Gasteiger partial charge in [-0.3, -0.25) is 0 Å². The summed E-state index contributed by atoms with van der Waals surface area (Å²) in [4.78, 5) is 2.37. The van der Waals surface area contributed by atoms with Gasteiger partial charge in [0.1, 0.15) is 0 Å². The third kappa shape index (κ3) is 4.06. The van der Waals surface area contributed by atoms with Crippen LogP contribution >= 0.6 is 15.9 Å². The minimum atomic E-state index is 1.11. The number of hydrogen-bond donors (Lipinski definition) is 0. The summed E-state index contributed by atoms with van der Waals surface area (Å²) in [5.41, 5.74) is 11.1. The molecule has 0 atom stereocenters. The Balaban J connectivity index is 1.85. The third-order valence-electron chi connectivity index (χ3n) is 5.50. The summed E-state index contributed by atoms with van der Waals surface area (Å²) in [7, 11) is 0. The molecule has 0 aliphatic heterocycles. The number of rotatable bonds is 4. The minimum Gasteiger partial charge on any atom is -0.310 e. The smallest absolute Gasteiger partial charge is 0.0491 e. The molecule has 30 heavy (non-hydrogen) atoms. The quantitative estimate of drug-likeness (QED) is 0.297. The van der Waals surface area contributed by atoms with E-state index < -0.39 is 0 Å². The van der Waals surface area contributed by atoms with E-state index >= 15 is 0 Å². The molecule has 0 saturated carbocycles. The summed E-state index contributed by atoms with van der Waals surface area (Å²) in [5.74, 6) is 0. The monoisotopic (exact) mass is 455 g/mol. The van der Waals surface area contributed by atoms with E-state index in [1.54, 1.807) is 0 Å². The Labute approximate surface area is 188 Å². The molecule has 0 aliphatic carbocycles. The standard InChI is InChI=1S/C28H26BrN/c1-19-9-15-27(21(3)17-19)30(28-16-10-20(2)18-22(28)4)24-13-11-23(12-14-24)25-7-5-6-8-26(25)29/h5-18H,1-4H3. The lowest BCUT2D eigenvalue weighted by molar-refractivity contribution is 1.21. The second-order valence-electron chi connectivity index (χ2n) is 7.94. The zero-order valence-corrected chi connectivity index (χ0v) is 19.5. The van der Waals surface area contributed by atoms with Gasteiger partial charge in [0.2, 0.25) is 0 Å². The molecule has 4 rings (SSSR count). The molecule has 0 aromatic heterocycles. The van der Waals surface area contributed by atoms with Crippen LogP contribution in [-0.4, -0.2) is 0 Å². The highest BCUT2D eigenvalue weighted by Gasteiger charge is 2.17. The van der Waals surface area contributed by atoms with Crippen LogP contribution in [0.4, 0.5) is 17.1 Å². The summed E-state index contributed by atoms with van der Waals surface area (Å²) in [6.45, 7) is 8.66. The van der Waals surface area contributed by atoms with E-state index in [1.807, 2.05) is 6.07 Å². The first-order valence-electron chi connectivity index (χ1n) is 10.2. The Morgan fingerprint density at radius 2 is 1.13 bits per heavy atom. The molecule has 0 fully saturated rings. The van der Waals surface area contributed by atoms with E-state index in [-0.39, 0.29) is 0 Å². The second-order valence-corrected chi connectivity index (χ2v) is 8.80. The summed E-state index contributed by atoms with van der Waals surface area (Å²) < 4.78 is 1.11. The number of aryl methyl sites for hydroxylation is 4. The minimum absolute atomic E-state index is 1.11. The van der Waals surface area contributed by atoms with Crippen molar-refractivity contribution in [2.24, 2.45) is 0 Å². The zero-order chi connectivity index (χ0) is 21.3. The maximum Gasteiger partial charge on any atom is 0.0491 e. The van der Waals surface area contributed by atoms with Crippen molar-refractivity contribution in [2.45, 2.75) is 27.7 Å². The van der Waals surface area contributed by atoms with Crippen molar-refractivity contribution in [3.8, 4) is 11.1 Å². The molecule has 4 aromatic carbocycles. The van der Waals surface area contributed by atoms with Crippen LogP contribution in [0.1, 0.15) is 22.3 Å². The van der Waals surface area contributed by atoms with Crippen molar-refractivity contribution >= 4 is 33.0 Å². The molecule has 0 aliphatic rings. The maximum absolute atomic E-state index is 3.68. The van der Waals surface area contributed by atoms with Crippen LogP contribution in [0.2, 0.25) is 0 Å². The largest absolute Gasteiger partial charge is 0.310 e. The van der Waals surface area contributed by atoms with Crippen LogP contribution in [0.15, 0.2) is 89.4 Å². The highest BCUT2D eigenvalue weighted by Crippen LogP contribution is 2.39. The Bertz CT molecular complexity index is 1140. The average Bonchev–Trinajstić information content (AvgIpc) is 2.72. The van der Waals surface area contributed by atoms with Crippen LogP contribution in [-0.2, 0) is 0 Å². The summed E-state index contributed by atoms with van der Waals surface area (Å²) in [6.07, 6.45) is 0. The molecule has 0 amide bonds. The predicted molar refractivity (Wildman–Crippen MR) is 133 cm³/mol. The van der Waals surface area contributed by atoms with Gasteiger partial charge in [0.25, 0.3) is 0 Å². The van der Waals surface area contributed by atoms with E-state index in [2.05, 4.69) is 127 Å². The second kappa shape index (κ2) is 8.49. The van der Waals surface area contributed by atoms with Crippen LogP contribution in [0.3, 0.4) is 0 Å². The van der Waals surface area contributed by atoms with Gasteiger partial charge in [-0.05, 0) is 80.3 Å². The highest BCUT2D eigenvalue weighted by molar-refractivity contribution is 9.10. The number of anilines is 3. The fourth-order valence-corrected chi connectivity index (χ4v) is 4.52. The van der Waals surface area contributed by atoms with Gasteiger partial charge in [0.15, 0.2) is 0 Å². The molecule has 0 unspecified atom stereocenters. The van der Waals surface area contributed by atoms with Crippen molar-refractivity contribution in [3.63, 3.8) is 0 Å². The van der Waals surface area contributed by atoms with Crippen LogP contribution < -0.4 is 4.90 Å². The first-order chi connectivity index (χ1) is 14.4. The fraction of sp³-hybridized carbons (Fsp3) is 0.143. The lowest BCUT2D eigenvalue weighted by Gasteiger charge is -2.29. The molecular weight excluding hydrogens is 430 g/mol. The molecule has 150 valence electrons. The van der Waals surface area contributed by atoms with E-state index in [1.165, 1.54) is 44.8 Å². The third-order valence-corrected chi connectivity index (χ3v) is 6.19. The molecule has 0 saturated heterocycles. The van der Waals surface area contributed by atoms with Gasteiger partial charge in [0, 0.05) is 21.5 Å². The van der Waals surface area contributed by atoms with E-state index in [0.717, 1.165) is 10.2 Å². The van der Waals surface area contributed by atoms with Gasteiger partial charge < -0.3 is 4.90 Å². The molecular formula is C28H26BrN. The van der Waals surface area contributed by atoms with E-state index in [4.69, 9.17) is 0 Å². The Morgan fingerprint density at radius 1 is 0.600 bits per heavy atom. The van der Waals surface area contributed by atoms with Crippen LogP contribution in [0.5, 0.6) is 0 Å². The first kappa shape index (κ1) is 20.4.